The van der Waals surface area contributed by atoms with E-state index in [1.165, 1.54) is 36.7 Å². The Labute approximate surface area is 188 Å². The standard InChI is InChI=1S/C21H18F4N2O5S/c22-13-12(11(8-3-1-5-26-8)9-4-2-6-27-9)14(23)16(25)20(15(13)24)33-21-19(31)18(30)17(29)10(7-28)32-21/h1-6,10,17-19,21,26,28-31H,7H2/t10?,17-,18+,19?,21+/m1/s1. The molecule has 12 heteroatoms. The number of nitrogens with zero attached hydrogens (tertiary/aromatic N) is 1. The molecule has 1 saturated heterocycles. The van der Waals surface area contributed by atoms with E-state index in [-0.39, 0.29) is 28.7 Å². The summed E-state index contributed by atoms with van der Waals surface area (Å²) in [4.78, 5) is 5.58. The number of hydrogen-bond donors (Lipinski definition) is 5. The molecule has 5 atom stereocenters. The minimum Gasteiger partial charge on any atom is -0.394 e. The van der Waals surface area contributed by atoms with Crippen molar-refractivity contribution < 1.29 is 42.7 Å². The molecule has 176 valence electrons. The Morgan fingerprint density at radius 1 is 1.03 bits per heavy atom. The van der Waals surface area contributed by atoms with Crippen LogP contribution in [0.1, 0.15) is 11.3 Å². The molecule has 4 rings (SSSR count). The number of aliphatic hydroxyl groups is 4. The fourth-order valence-corrected chi connectivity index (χ4v) is 4.67. The first-order chi connectivity index (χ1) is 15.8. The molecule has 0 spiro atoms. The molecule has 0 saturated carbocycles. The second kappa shape index (κ2) is 9.41. The number of aliphatic imine (C=N–C) groups is 1. The predicted octanol–water partition coefficient (Wildman–Crippen LogP) is 1.86. The molecule has 0 amide bonds. The van der Waals surface area contributed by atoms with Gasteiger partial charge in [-0.1, -0.05) is 11.8 Å². The van der Waals surface area contributed by atoms with Gasteiger partial charge in [-0.3, -0.25) is 4.99 Å². The molecule has 0 radical (unpaired) electrons. The second-order valence-electron chi connectivity index (χ2n) is 7.26. The van der Waals surface area contributed by atoms with Crippen molar-refractivity contribution in [1.82, 2.24) is 4.98 Å². The third kappa shape index (κ3) is 4.14. The Bertz CT molecular complexity index is 1090. The molecular formula is C21H18F4N2O5S. The minimum absolute atomic E-state index is 0.0726. The Morgan fingerprint density at radius 3 is 2.27 bits per heavy atom. The molecule has 1 aromatic heterocycles. The van der Waals surface area contributed by atoms with Crippen molar-refractivity contribution in [3.8, 4) is 0 Å². The van der Waals surface area contributed by atoms with Gasteiger partial charge in [0.05, 0.1) is 22.8 Å². The highest BCUT2D eigenvalue weighted by Crippen LogP contribution is 2.41. The molecule has 0 aliphatic carbocycles. The number of nitrogens with one attached hydrogen (secondary N) is 1. The van der Waals surface area contributed by atoms with E-state index in [2.05, 4.69) is 9.98 Å². The smallest absolute Gasteiger partial charge is 0.176 e. The third-order valence-corrected chi connectivity index (χ3v) is 6.45. The van der Waals surface area contributed by atoms with E-state index in [4.69, 9.17) is 4.74 Å². The molecule has 7 nitrogen and oxygen atoms in total. The van der Waals surface area contributed by atoms with Crippen LogP contribution in [0.3, 0.4) is 0 Å². The second-order valence-corrected chi connectivity index (χ2v) is 8.37. The summed E-state index contributed by atoms with van der Waals surface area (Å²) in [5.74, 6) is -6.90. The maximum absolute atomic E-state index is 15.2. The first-order valence-electron chi connectivity index (χ1n) is 9.68. The van der Waals surface area contributed by atoms with Crippen LogP contribution in [-0.4, -0.2) is 68.1 Å². The van der Waals surface area contributed by atoms with Crippen molar-refractivity contribution in [1.29, 1.82) is 0 Å². The van der Waals surface area contributed by atoms with Crippen LogP contribution in [0, 0.1) is 23.3 Å². The van der Waals surface area contributed by atoms with Gasteiger partial charge >= 0.3 is 0 Å². The SMILES string of the molecule is OCC1O[C@@H](Sc2c(F)c(F)c(C(=C3C=CC=N3)c3ccc[nH]3)c(F)c2F)C(O)[C@@H](O)[C@@H]1O. The maximum Gasteiger partial charge on any atom is 0.176 e. The molecule has 1 fully saturated rings. The van der Waals surface area contributed by atoms with Gasteiger partial charge in [-0.25, -0.2) is 17.6 Å². The minimum atomic E-state index is -1.87. The molecular weight excluding hydrogens is 468 g/mol. The van der Waals surface area contributed by atoms with Crippen molar-refractivity contribution in [2.24, 2.45) is 4.99 Å². The summed E-state index contributed by atoms with van der Waals surface area (Å²) in [7, 11) is 0. The number of H-pyrrole nitrogens is 1. The first kappa shape index (κ1) is 23.7. The number of aromatic nitrogens is 1. The summed E-state index contributed by atoms with van der Waals surface area (Å²) in [6, 6.07) is 2.99. The lowest BCUT2D eigenvalue weighted by Crippen LogP contribution is -2.57. The summed E-state index contributed by atoms with van der Waals surface area (Å²) < 4.78 is 65.6. The van der Waals surface area contributed by atoms with E-state index >= 15 is 17.6 Å². The Morgan fingerprint density at radius 2 is 1.73 bits per heavy atom. The lowest BCUT2D eigenvalue weighted by atomic mass is 9.98. The maximum atomic E-state index is 15.2. The van der Waals surface area contributed by atoms with Gasteiger partial charge in [0.1, 0.15) is 29.9 Å². The Hall–Kier alpha value is -2.48. The van der Waals surface area contributed by atoms with Gasteiger partial charge in [-0.05, 0) is 24.3 Å². The molecule has 1 aromatic carbocycles. The summed E-state index contributed by atoms with van der Waals surface area (Å²) in [6.45, 7) is -0.782. The number of ether oxygens (including phenoxy) is 1. The highest BCUT2D eigenvalue weighted by molar-refractivity contribution is 7.99. The van der Waals surface area contributed by atoms with E-state index in [1.807, 2.05) is 0 Å². The van der Waals surface area contributed by atoms with Crippen LogP contribution in [0.25, 0.3) is 5.57 Å². The monoisotopic (exact) mass is 486 g/mol. The highest BCUT2D eigenvalue weighted by atomic mass is 32.2. The zero-order chi connectivity index (χ0) is 23.9. The topological polar surface area (TPSA) is 118 Å². The number of hydrogen-bond acceptors (Lipinski definition) is 7. The number of rotatable bonds is 5. The van der Waals surface area contributed by atoms with Gasteiger partial charge in [0.15, 0.2) is 23.3 Å². The summed E-state index contributed by atoms with van der Waals surface area (Å²) >= 11 is 0.0774. The number of aliphatic hydroxyl groups excluding tert-OH is 4. The van der Waals surface area contributed by atoms with Crippen molar-refractivity contribution in [3.05, 3.63) is 70.7 Å². The molecule has 2 aromatic rings. The summed E-state index contributed by atoms with van der Waals surface area (Å²) in [6.07, 6.45) is -1.05. The van der Waals surface area contributed by atoms with Crippen LogP contribution in [0.15, 0.2) is 46.1 Å². The fourth-order valence-electron chi connectivity index (χ4n) is 3.55. The van der Waals surface area contributed by atoms with E-state index in [1.54, 1.807) is 0 Å². The van der Waals surface area contributed by atoms with Crippen LogP contribution in [0.5, 0.6) is 0 Å². The average Bonchev–Trinajstić information content (AvgIpc) is 3.53. The largest absolute Gasteiger partial charge is 0.394 e. The lowest BCUT2D eigenvalue weighted by molar-refractivity contribution is -0.205. The number of allylic oxidation sites excluding steroid dienone is 2. The molecule has 2 aliphatic heterocycles. The number of thioether (sulfide) groups is 1. The van der Waals surface area contributed by atoms with Gasteiger partial charge in [-0.15, -0.1) is 0 Å². The summed E-state index contributed by atoms with van der Waals surface area (Å²) in [5, 5.41) is 39.1. The summed E-state index contributed by atoms with van der Waals surface area (Å²) in [5.41, 5.74) is -2.59. The van der Waals surface area contributed by atoms with Crippen molar-refractivity contribution in [2.75, 3.05) is 6.61 Å². The number of benzene rings is 1. The van der Waals surface area contributed by atoms with Crippen LogP contribution in [-0.2, 0) is 4.74 Å². The van der Waals surface area contributed by atoms with E-state index in [0.717, 1.165) is 0 Å². The van der Waals surface area contributed by atoms with Gasteiger partial charge in [0.2, 0.25) is 0 Å². The third-order valence-electron chi connectivity index (χ3n) is 5.23. The van der Waals surface area contributed by atoms with Gasteiger partial charge in [-0.2, -0.15) is 0 Å². The molecule has 5 N–H and O–H groups in total. The molecule has 0 bridgehead atoms. The van der Waals surface area contributed by atoms with Gasteiger partial charge in [0.25, 0.3) is 0 Å². The highest BCUT2D eigenvalue weighted by Gasteiger charge is 2.45. The average molecular weight is 486 g/mol. The van der Waals surface area contributed by atoms with E-state index in [9.17, 15) is 20.4 Å². The molecule has 2 aliphatic rings. The van der Waals surface area contributed by atoms with Gasteiger partial charge < -0.3 is 30.1 Å². The van der Waals surface area contributed by atoms with E-state index < -0.39 is 70.2 Å². The van der Waals surface area contributed by atoms with Crippen LogP contribution in [0.2, 0.25) is 0 Å². The lowest BCUT2D eigenvalue weighted by Gasteiger charge is -2.39. The fraction of sp³-hybridized carbons (Fsp3) is 0.286. The van der Waals surface area contributed by atoms with Crippen molar-refractivity contribution in [2.45, 2.75) is 34.7 Å². The molecule has 2 unspecified atom stereocenters. The van der Waals surface area contributed by atoms with Crippen LogP contribution < -0.4 is 0 Å². The Balaban J connectivity index is 1.79. The van der Waals surface area contributed by atoms with Crippen molar-refractivity contribution >= 4 is 23.5 Å². The zero-order valence-electron chi connectivity index (χ0n) is 16.6. The van der Waals surface area contributed by atoms with Crippen LogP contribution >= 0.6 is 11.8 Å². The van der Waals surface area contributed by atoms with Crippen molar-refractivity contribution in [3.63, 3.8) is 0 Å². The first-order valence-corrected chi connectivity index (χ1v) is 10.6. The molecule has 3 heterocycles. The molecule has 33 heavy (non-hydrogen) atoms. The number of aromatic amines is 1. The predicted molar refractivity (Wildman–Crippen MR) is 110 cm³/mol. The normalized spacial score (nSPS) is 28.5. The number of halogens is 4. The Kier molecular flexibility index (Phi) is 6.75. The quantitative estimate of drug-likeness (QED) is 0.325. The zero-order valence-corrected chi connectivity index (χ0v) is 17.4. The van der Waals surface area contributed by atoms with E-state index in [0.29, 0.717) is 0 Å². The van der Waals surface area contributed by atoms with Gasteiger partial charge in [0, 0.05) is 23.7 Å². The van der Waals surface area contributed by atoms with Crippen LogP contribution in [0.4, 0.5) is 17.6 Å².